The first-order valence-electron chi connectivity index (χ1n) is 9.15. The highest BCUT2D eigenvalue weighted by atomic mass is 16.2. The molecule has 0 spiro atoms. The highest BCUT2D eigenvalue weighted by Crippen LogP contribution is 2.25. The topological polar surface area (TPSA) is 61.4 Å². The Bertz CT molecular complexity index is 574. The fourth-order valence-electron chi connectivity index (χ4n) is 3.57. The molecule has 3 rings (SSSR count). The fraction of sp³-hybridized carbons (Fsp3) is 0.579. The van der Waals surface area contributed by atoms with Gasteiger partial charge < -0.3 is 15.5 Å². The molecule has 0 atom stereocenters. The van der Waals surface area contributed by atoms with Gasteiger partial charge >= 0.3 is 0 Å². The molecule has 1 aliphatic carbocycles. The number of rotatable bonds is 3. The van der Waals surface area contributed by atoms with Crippen LogP contribution in [0.3, 0.4) is 0 Å². The molecular weight excluding hydrogens is 302 g/mol. The summed E-state index contributed by atoms with van der Waals surface area (Å²) in [5.74, 6) is 0.264. The Kier molecular flexibility index (Phi) is 5.86. The molecule has 0 aromatic heterocycles. The van der Waals surface area contributed by atoms with Crippen molar-refractivity contribution >= 4 is 17.5 Å². The predicted molar refractivity (Wildman–Crippen MR) is 95.0 cm³/mol. The Labute approximate surface area is 143 Å². The molecule has 5 heteroatoms. The van der Waals surface area contributed by atoms with E-state index in [2.05, 4.69) is 10.6 Å². The summed E-state index contributed by atoms with van der Waals surface area (Å²) in [4.78, 5) is 26.9. The molecule has 24 heavy (non-hydrogen) atoms. The third kappa shape index (κ3) is 4.35. The summed E-state index contributed by atoms with van der Waals surface area (Å²) >= 11 is 0. The maximum atomic E-state index is 12.7. The zero-order valence-corrected chi connectivity index (χ0v) is 14.2. The first-order chi connectivity index (χ1) is 11.7. The second kappa shape index (κ2) is 8.29. The number of carbonyl (C=O) groups is 2. The lowest BCUT2D eigenvalue weighted by Crippen LogP contribution is -2.34. The Morgan fingerprint density at radius 1 is 1.04 bits per heavy atom. The van der Waals surface area contributed by atoms with E-state index in [9.17, 15) is 9.59 Å². The van der Waals surface area contributed by atoms with Gasteiger partial charge in [0.2, 0.25) is 5.91 Å². The second-order valence-corrected chi connectivity index (χ2v) is 6.80. The van der Waals surface area contributed by atoms with Gasteiger partial charge in [-0.15, -0.1) is 0 Å². The predicted octanol–water partition coefficient (Wildman–Crippen LogP) is 2.64. The lowest BCUT2D eigenvalue weighted by atomic mass is 9.88. The van der Waals surface area contributed by atoms with Gasteiger partial charge in [-0.1, -0.05) is 25.3 Å². The van der Waals surface area contributed by atoms with E-state index in [4.69, 9.17) is 0 Å². The molecule has 2 aliphatic rings. The van der Waals surface area contributed by atoms with Crippen LogP contribution in [-0.4, -0.2) is 42.9 Å². The molecule has 1 heterocycles. The van der Waals surface area contributed by atoms with Crippen molar-refractivity contribution in [1.82, 2.24) is 10.2 Å². The second-order valence-electron chi connectivity index (χ2n) is 6.80. The summed E-state index contributed by atoms with van der Waals surface area (Å²) in [6, 6.07) is 7.35. The van der Waals surface area contributed by atoms with Gasteiger partial charge in [-0.2, -0.15) is 0 Å². The van der Waals surface area contributed by atoms with Gasteiger partial charge in [0.05, 0.1) is 0 Å². The molecular formula is C19H27N3O2. The Morgan fingerprint density at radius 3 is 2.71 bits per heavy atom. The molecule has 1 saturated carbocycles. The highest BCUT2D eigenvalue weighted by molar-refractivity contribution is 5.97. The number of carbonyl (C=O) groups excluding carboxylic acids is 2. The van der Waals surface area contributed by atoms with E-state index in [-0.39, 0.29) is 17.7 Å². The average Bonchev–Trinajstić information content (AvgIpc) is 2.91. The smallest absolute Gasteiger partial charge is 0.253 e. The number of hydrogen-bond donors (Lipinski definition) is 2. The molecule has 1 aliphatic heterocycles. The molecule has 2 fully saturated rings. The Hall–Kier alpha value is -1.88. The van der Waals surface area contributed by atoms with Crippen LogP contribution in [0.1, 0.15) is 48.9 Å². The monoisotopic (exact) mass is 329 g/mol. The molecule has 2 amide bonds. The molecule has 1 saturated heterocycles. The summed E-state index contributed by atoms with van der Waals surface area (Å²) in [7, 11) is 0. The van der Waals surface area contributed by atoms with Gasteiger partial charge in [0.25, 0.3) is 5.91 Å². The fourth-order valence-corrected chi connectivity index (χ4v) is 3.57. The number of benzene rings is 1. The number of amides is 2. The van der Waals surface area contributed by atoms with Crippen LogP contribution in [0.15, 0.2) is 24.3 Å². The quantitative estimate of drug-likeness (QED) is 0.896. The number of anilines is 1. The van der Waals surface area contributed by atoms with Crippen LogP contribution in [-0.2, 0) is 4.79 Å². The molecule has 2 N–H and O–H groups in total. The van der Waals surface area contributed by atoms with E-state index in [0.717, 1.165) is 64.0 Å². The van der Waals surface area contributed by atoms with Gasteiger partial charge in [0.15, 0.2) is 0 Å². The van der Waals surface area contributed by atoms with Crippen LogP contribution >= 0.6 is 0 Å². The summed E-state index contributed by atoms with van der Waals surface area (Å²) in [6.45, 7) is 3.31. The summed E-state index contributed by atoms with van der Waals surface area (Å²) in [6.07, 6.45) is 6.44. The number of nitrogens with one attached hydrogen (secondary N) is 2. The van der Waals surface area contributed by atoms with Crippen molar-refractivity contribution in [2.75, 3.05) is 31.5 Å². The van der Waals surface area contributed by atoms with Gasteiger partial charge in [0.1, 0.15) is 0 Å². The van der Waals surface area contributed by atoms with Crippen molar-refractivity contribution in [2.24, 2.45) is 5.92 Å². The largest absolute Gasteiger partial charge is 0.337 e. The van der Waals surface area contributed by atoms with E-state index in [0.29, 0.717) is 5.56 Å². The summed E-state index contributed by atoms with van der Waals surface area (Å²) < 4.78 is 0. The molecule has 130 valence electrons. The lowest BCUT2D eigenvalue weighted by Gasteiger charge is -2.22. The first-order valence-corrected chi connectivity index (χ1v) is 9.15. The summed E-state index contributed by atoms with van der Waals surface area (Å²) in [5, 5.41) is 6.31. The first kappa shape index (κ1) is 17.0. The minimum atomic E-state index is 0.0486. The van der Waals surface area contributed by atoms with Crippen molar-refractivity contribution in [3.63, 3.8) is 0 Å². The maximum Gasteiger partial charge on any atom is 0.253 e. The summed E-state index contributed by atoms with van der Waals surface area (Å²) in [5.41, 5.74) is 1.38. The molecule has 0 unspecified atom stereocenters. The van der Waals surface area contributed by atoms with E-state index in [1.807, 2.05) is 23.1 Å². The normalized spacial score (nSPS) is 19.6. The van der Waals surface area contributed by atoms with Crippen molar-refractivity contribution in [3.05, 3.63) is 29.8 Å². The maximum absolute atomic E-state index is 12.7. The SMILES string of the molecule is O=C(Nc1cccc(C(=O)N2CCCNCC2)c1)C1CCCCC1. The highest BCUT2D eigenvalue weighted by Gasteiger charge is 2.22. The van der Waals surface area contributed by atoms with Crippen molar-refractivity contribution in [1.29, 1.82) is 0 Å². The zero-order valence-electron chi connectivity index (χ0n) is 14.2. The Morgan fingerprint density at radius 2 is 1.88 bits per heavy atom. The van der Waals surface area contributed by atoms with Crippen molar-refractivity contribution in [3.8, 4) is 0 Å². The van der Waals surface area contributed by atoms with Gasteiger partial charge in [-0.25, -0.2) is 0 Å². The van der Waals surface area contributed by atoms with E-state index in [1.54, 1.807) is 6.07 Å². The molecule has 1 aromatic carbocycles. The molecule has 0 radical (unpaired) electrons. The van der Waals surface area contributed by atoms with Gasteiger partial charge in [-0.3, -0.25) is 9.59 Å². The van der Waals surface area contributed by atoms with E-state index >= 15 is 0 Å². The Balaban J connectivity index is 1.64. The van der Waals surface area contributed by atoms with Crippen molar-refractivity contribution < 1.29 is 9.59 Å². The minimum Gasteiger partial charge on any atom is -0.337 e. The van der Waals surface area contributed by atoms with E-state index < -0.39 is 0 Å². The zero-order chi connectivity index (χ0) is 16.8. The van der Waals surface area contributed by atoms with Crippen LogP contribution in [0.25, 0.3) is 0 Å². The van der Waals surface area contributed by atoms with Gasteiger partial charge in [-0.05, 0) is 44.0 Å². The van der Waals surface area contributed by atoms with Crippen LogP contribution < -0.4 is 10.6 Å². The number of nitrogens with zero attached hydrogens (tertiary/aromatic N) is 1. The van der Waals surface area contributed by atoms with Crippen LogP contribution in [0.2, 0.25) is 0 Å². The van der Waals surface area contributed by atoms with Crippen LogP contribution in [0.4, 0.5) is 5.69 Å². The molecule has 0 bridgehead atoms. The minimum absolute atomic E-state index is 0.0486. The lowest BCUT2D eigenvalue weighted by molar-refractivity contribution is -0.120. The molecule has 1 aromatic rings. The number of hydrogen-bond acceptors (Lipinski definition) is 3. The average molecular weight is 329 g/mol. The van der Waals surface area contributed by atoms with Crippen LogP contribution in [0.5, 0.6) is 0 Å². The van der Waals surface area contributed by atoms with Crippen molar-refractivity contribution in [2.45, 2.75) is 38.5 Å². The van der Waals surface area contributed by atoms with Gasteiger partial charge in [0, 0.05) is 36.8 Å². The van der Waals surface area contributed by atoms with Crippen LogP contribution in [0, 0.1) is 5.92 Å². The third-order valence-electron chi connectivity index (χ3n) is 4.98. The standard InChI is InChI=1S/C19H27N3O2/c23-18(15-6-2-1-3-7-15)21-17-9-4-8-16(14-17)19(24)22-12-5-10-20-11-13-22/h4,8-9,14-15,20H,1-3,5-7,10-13H2,(H,21,23). The molecule has 5 nitrogen and oxygen atoms in total. The third-order valence-corrected chi connectivity index (χ3v) is 4.98. The van der Waals surface area contributed by atoms with E-state index in [1.165, 1.54) is 6.42 Å².